The fourth-order valence-electron chi connectivity index (χ4n) is 3.58. The van der Waals surface area contributed by atoms with E-state index in [-0.39, 0.29) is 11.8 Å². The Bertz CT molecular complexity index is 664. The second kappa shape index (κ2) is 5.08. The fraction of sp³-hybridized carbons (Fsp3) is 0.474. The molecule has 0 radical (unpaired) electrons. The molecule has 0 aromatic heterocycles. The Hall–Kier alpha value is -1.90. The molecule has 2 aliphatic rings. The summed E-state index contributed by atoms with van der Waals surface area (Å²) in [5, 5.41) is 0. The SMILES string of the molecule is CC(C)(C)OC(=O)C1=CCCC12CCc1ccccc1C2=O. The van der Waals surface area contributed by atoms with Crippen molar-refractivity contribution >= 4 is 11.8 Å². The standard InChI is InChI=1S/C19H22O3/c1-18(2,3)22-17(21)15-9-6-11-19(15)12-10-13-7-4-5-8-14(13)16(19)20/h4-5,7-9H,6,10-12H2,1-3H3. The lowest BCUT2D eigenvalue weighted by Gasteiger charge is -2.35. The lowest BCUT2D eigenvalue weighted by Crippen LogP contribution is -2.40. The minimum absolute atomic E-state index is 0.0870. The summed E-state index contributed by atoms with van der Waals surface area (Å²) >= 11 is 0. The van der Waals surface area contributed by atoms with E-state index in [2.05, 4.69) is 0 Å². The van der Waals surface area contributed by atoms with Gasteiger partial charge in [0.15, 0.2) is 5.78 Å². The molecule has 0 bridgehead atoms. The van der Waals surface area contributed by atoms with Gasteiger partial charge in [0.05, 0.1) is 5.41 Å². The molecule has 0 amide bonds. The Morgan fingerprint density at radius 2 is 1.91 bits per heavy atom. The number of rotatable bonds is 1. The van der Waals surface area contributed by atoms with Gasteiger partial charge in [0.1, 0.15) is 5.60 Å². The maximum absolute atomic E-state index is 13.1. The Morgan fingerprint density at radius 1 is 1.18 bits per heavy atom. The predicted octanol–water partition coefficient (Wildman–Crippen LogP) is 3.86. The maximum Gasteiger partial charge on any atom is 0.335 e. The van der Waals surface area contributed by atoms with E-state index in [1.807, 2.05) is 51.1 Å². The van der Waals surface area contributed by atoms with Gasteiger partial charge in [0.25, 0.3) is 0 Å². The third-order valence-corrected chi connectivity index (χ3v) is 4.57. The molecule has 0 N–H and O–H groups in total. The smallest absolute Gasteiger partial charge is 0.335 e. The molecule has 0 fully saturated rings. The van der Waals surface area contributed by atoms with Crippen LogP contribution in [0.3, 0.4) is 0 Å². The van der Waals surface area contributed by atoms with E-state index in [0.29, 0.717) is 12.0 Å². The molecular weight excluding hydrogens is 276 g/mol. The van der Waals surface area contributed by atoms with Crippen molar-refractivity contribution in [3.63, 3.8) is 0 Å². The summed E-state index contributed by atoms with van der Waals surface area (Å²) in [4.78, 5) is 25.6. The summed E-state index contributed by atoms with van der Waals surface area (Å²) in [5.74, 6) is -0.248. The highest BCUT2D eigenvalue weighted by Gasteiger charge is 2.50. The highest BCUT2D eigenvalue weighted by Crippen LogP contribution is 2.49. The molecule has 0 saturated heterocycles. The number of aryl methyl sites for hydroxylation is 1. The first-order valence-electron chi connectivity index (χ1n) is 7.90. The maximum atomic E-state index is 13.1. The lowest BCUT2D eigenvalue weighted by molar-refractivity contribution is -0.151. The Kier molecular flexibility index (Phi) is 3.47. The van der Waals surface area contributed by atoms with Crippen LogP contribution in [0.4, 0.5) is 0 Å². The van der Waals surface area contributed by atoms with E-state index < -0.39 is 11.0 Å². The zero-order chi connectivity index (χ0) is 16.0. The van der Waals surface area contributed by atoms with E-state index in [9.17, 15) is 9.59 Å². The van der Waals surface area contributed by atoms with Crippen molar-refractivity contribution in [1.29, 1.82) is 0 Å². The first-order valence-corrected chi connectivity index (χ1v) is 7.90. The first kappa shape index (κ1) is 15.0. The molecule has 0 aliphatic heterocycles. The third kappa shape index (κ3) is 2.39. The summed E-state index contributed by atoms with van der Waals surface area (Å²) in [5.41, 5.74) is 1.22. The number of Topliss-reactive ketones (excluding diaryl/α,β-unsaturated/α-hetero) is 1. The van der Waals surface area contributed by atoms with E-state index in [1.165, 1.54) is 0 Å². The Balaban J connectivity index is 1.96. The number of carbonyl (C=O) groups excluding carboxylic acids is 2. The molecule has 1 spiro atoms. The van der Waals surface area contributed by atoms with E-state index >= 15 is 0 Å². The molecule has 0 heterocycles. The van der Waals surface area contributed by atoms with Gasteiger partial charge in [-0.05, 0) is 52.0 Å². The van der Waals surface area contributed by atoms with Crippen molar-refractivity contribution < 1.29 is 14.3 Å². The quantitative estimate of drug-likeness (QED) is 0.739. The zero-order valence-corrected chi connectivity index (χ0v) is 13.4. The van der Waals surface area contributed by atoms with Crippen molar-refractivity contribution in [2.45, 2.75) is 52.1 Å². The molecule has 3 nitrogen and oxygen atoms in total. The van der Waals surface area contributed by atoms with Crippen molar-refractivity contribution in [1.82, 2.24) is 0 Å². The van der Waals surface area contributed by atoms with Crippen molar-refractivity contribution in [3.8, 4) is 0 Å². The van der Waals surface area contributed by atoms with Crippen LogP contribution in [0.25, 0.3) is 0 Å². The van der Waals surface area contributed by atoms with Crippen LogP contribution in [0.1, 0.15) is 56.0 Å². The van der Waals surface area contributed by atoms with E-state index in [4.69, 9.17) is 4.74 Å². The molecule has 0 saturated carbocycles. The van der Waals surface area contributed by atoms with Crippen LogP contribution in [0.5, 0.6) is 0 Å². The monoisotopic (exact) mass is 298 g/mol. The molecule has 3 heteroatoms. The number of ketones is 1. The number of hydrogen-bond donors (Lipinski definition) is 0. The molecule has 1 atom stereocenters. The van der Waals surface area contributed by atoms with E-state index in [1.54, 1.807) is 0 Å². The number of benzene rings is 1. The van der Waals surface area contributed by atoms with Gasteiger partial charge >= 0.3 is 5.97 Å². The third-order valence-electron chi connectivity index (χ3n) is 4.57. The van der Waals surface area contributed by atoms with Crippen LogP contribution in [0.15, 0.2) is 35.9 Å². The average molecular weight is 298 g/mol. The van der Waals surface area contributed by atoms with Crippen LogP contribution < -0.4 is 0 Å². The number of hydrogen-bond acceptors (Lipinski definition) is 3. The van der Waals surface area contributed by atoms with Crippen LogP contribution in [0, 0.1) is 5.41 Å². The molecule has 3 rings (SSSR count). The lowest BCUT2D eigenvalue weighted by atomic mass is 9.66. The summed E-state index contributed by atoms with van der Waals surface area (Å²) in [6.07, 6.45) is 4.92. The second-order valence-corrected chi connectivity index (χ2v) is 7.23. The van der Waals surface area contributed by atoms with Gasteiger partial charge in [0, 0.05) is 11.1 Å². The van der Waals surface area contributed by atoms with Gasteiger partial charge in [0.2, 0.25) is 0 Å². The predicted molar refractivity (Wildman–Crippen MR) is 84.7 cm³/mol. The topological polar surface area (TPSA) is 43.4 Å². The number of allylic oxidation sites excluding steroid dienone is 1. The van der Waals surface area contributed by atoms with Crippen molar-refractivity contribution in [3.05, 3.63) is 47.0 Å². The van der Waals surface area contributed by atoms with E-state index in [0.717, 1.165) is 30.4 Å². The molecule has 1 aromatic carbocycles. The molecule has 116 valence electrons. The first-order chi connectivity index (χ1) is 10.3. The highest BCUT2D eigenvalue weighted by molar-refractivity contribution is 6.10. The molecule has 2 aliphatic carbocycles. The summed E-state index contributed by atoms with van der Waals surface area (Å²) < 4.78 is 5.53. The van der Waals surface area contributed by atoms with Gasteiger partial charge < -0.3 is 4.74 Å². The molecule has 1 unspecified atom stereocenters. The van der Waals surface area contributed by atoms with Crippen molar-refractivity contribution in [2.24, 2.45) is 5.41 Å². The summed E-state index contributed by atoms with van der Waals surface area (Å²) in [6, 6.07) is 7.74. The summed E-state index contributed by atoms with van der Waals surface area (Å²) in [7, 11) is 0. The Labute approximate surface area is 131 Å². The second-order valence-electron chi connectivity index (χ2n) is 7.23. The number of fused-ring (bicyclic) bond motifs is 1. The van der Waals surface area contributed by atoms with Gasteiger partial charge in [-0.1, -0.05) is 30.3 Å². The van der Waals surface area contributed by atoms with Gasteiger partial charge in [-0.25, -0.2) is 4.79 Å². The van der Waals surface area contributed by atoms with Gasteiger partial charge in [-0.3, -0.25) is 4.79 Å². The molecule has 22 heavy (non-hydrogen) atoms. The number of esters is 1. The van der Waals surface area contributed by atoms with Crippen LogP contribution in [-0.4, -0.2) is 17.4 Å². The fourth-order valence-corrected chi connectivity index (χ4v) is 3.58. The van der Waals surface area contributed by atoms with Gasteiger partial charge in [-0.15, -0.1) is 0 Å². The number of carbonyl (C=O) groups is 2. The Morgan fingerprint density at radius 3 is 2.64 bits per heavy atom. The van der Waals surface area contributed by atoms with Crippen LogP contribution in [-0.2, 0) is 16.0 Å². The zero-order valence-electron chi connectivity index (χ0n) is 13.4. The van der Waals surface area contributed by atoms with Crippen molar-refractivity contribution in [2.75, 3.05) is 0 Å². The average Bonchev–Trinajstić information content (AvgIpc) is 2.87. The highest BCUT2D eigenvalue weighted by atomic mass is 16.6. The van der Waals surface area contributed by atoms with Gasteiger partial charge in [-0.2, -0.15) is 0 Å². The molecular formula is C19H22O3. The molecule has 1 aromatic rings. The largest absolute Gasteiger partial charge is 0.457 e. The minimum Gasteiger partial charge on any atom is -0.457 e. The van der Waals surface area contributed by atoms with Crippen LogP contribution in [0.2, 0.25) is 0 Å². The normalized spacial score (nSPS) is 24.1. The number of ether oxygens (including phenoxy) is 1. The van der Waals surface area contributed by atoms with Crippen LogP contribution >= 0.6 is 0 Å². The minimum atomic E-state index is -0.670. The summed E-state index contributed by atoms with van der Waals surface area (Å²) in [6.45, 7) is 5.56.